The summed E-state index contributed by atoms with van der Waals surface area (Å²) in [6.45, 7) is 0.293. The van der Waals surface area contributed by atoms with Crippen LogP contribution in [0, 0.1) is 0 Å². The third-order valence-corrected chi connectivity index (χ3v) is 4.04. The molecule has 0 fully saturated rings. The Bertz CT molecular complexity index is 765. The summed E-state index contributed by atoms with van der Waals surface area (Å²) >= 11 is 9.12. The Morgan fingerprint density at radius 2 is 1.91 bits per heavy atom. The lowest BCUT2D eigenvalue weighted by molar-refractivity contribution is 0.0599. The average molecular weight is 398 g/mol. The highest BCUT2D eigenvalue weighted by molar-refractivity contribution is 9.10. The van der Waals surface area contributed by atoms with Gasteiger partial charge in [-0.15, -0.1) is 0 Å². The van der Waals surface area contributed by atoms with Crippen molar-refractivity contribution in [3.63, 3.8) is 0 Å². The van der Waals surface area contributed by atoms with Crippen LogP contribution >= 0.6 is 27.5 Å². The maximum Gasteiger partial charge on any atom is 0.339 e. The molecule has 0 heterocycles. The van der Waals surface area contributed by atoms with Gasteiger partial charge in [0.25, 0.3) is 5.91 Å². The van der Waals surface area contributed by atoms with E-state index in [9.17, 15) is 9.59 Å². The second-order valence-corrected chi connectivity index (χ2v) is 6.01. The zero-order chi connectivity index (χ0) is 17.0. The molecule has 0 aliphatic rings. The molecule has 0 aromatic heterocycles. The molecule has 120 valence electrons. The minimum Gasteiger partial charge on any atom is -0.465 e. The number of nitrogens with one attached hydrogen (secondary N) is 1. The van der Waals surface area contributed by atoms with Crippen LogP contribution in [0.1, 0.15) is 26.3 Å². The number of carbonyl (C=O) groups is 2. The number of anilines is 1. The topological polar surface area (TPSA) is 81.4 Å². The molecule has 3 N–H and O–H groups in total. The van der Waals surface area contributed by atoms with Crippen molar-refractivity contribution in [3.8, 4) is 0 Å². The lowest BCUT2D eigenvalue weighted by atomic mass is 10.1. The smallest absolute Gasteiger partial charge is 0.339 e. The van der Waals surface area contributed by atoms with E-state index in [1.165, 1.54) is 13.2 Å². The first-order valence-electron chi connectivity index (χ1n) is 6.62. The minimum atomic E-state index is -0.429. The van der Waals surface area contributed by atoms with E-state index in [1.54, 1.807) is 30.3 Å². The Morgan fingerprint density at radius 1 is 1.22 bits per heavy atom. The highest BCUT2D eigenvalue weighted by Crippen LogP contribution is 2.20. The fraction of sp³-hybridized carbons (Fsp3) is 0.125. The Balaban J connectivity index is 2.07. The predicted molar refractivity (Wildman–Crippen MR) is 92.5 cm³/mol. The van der Waals surface area contributed by atoms with Crippen LogP contribution in [0.25, 0.3) is 0 Å². The van der Waals surface area contributed by atoms with Gasteiger partial charge in [0.15, 0.2) is 0 Å². The minimum absolute atomic E-state index is 0.293. The maximum absolute atomic E-state index is 12.1. The van der Waals surface area contributed by atoms with Gasteiger partial charge in [-0.25, -0.2) is 4.79 Å². The molecular weight excluding hydrogens is 384 g/mol. The summed E-state index contributed by atoms with van der Waals surface area (Å²) in [5.41, 5.74) is 7.70. The summed E-state index contributed by atoms with van der Waals surface area (Å²) in [5, 5.41) is 3.24. The van der Waals surface area contributed by atoms with Gasteiger partial charge >= 0.3 is 5.97 Å². The first-order chi connectivity index (χ1) is 10.9. The van der Waals surface area contributed by atoms with Gasteiger partial charge in [0.2, 0.25) is 0 Å². The average Bonchev–Trinajstić information content (AvgIpc) is 2.52. The molecule has 0 spiro atoms. The van der Waals surface area contributed by atoms with E-state index in [1.807, 2.05) is 0 Å². The molecule has 5 nitrogen and oxygen atoms in total. The number of halogens is 2. The highest BCUT2D eigenvalue weighted by atomic mass is 79.9. The van der Waals surface area contributed by atoms with Crippen LogP contribution in [0.15, 0.2) is 40.9 Å². The summed E-state index contributed by atoms with van der Waals surface area (Å²) in [6.07, 6.45) is 0. The predicted octanol–water partition coefficient (Wildman–Crippen LogP) is 3.40. The molecular formula is C16H14BrClN2O3. The molecule has 0 unspecified atom stereocenters. The number of hydrogen-bond acceptors (Lipinski definition) is 4. The SMILES string of the molecule is COC(=O)c1ccc(CNC(=O)c2ccc(Cl)cc2N)cc1Br. The van der Waals surface area contributed by atoms with Crippen molar-refractivity contribution in [1.82, 2.24) is 5.32 Å². The summed E-state index contributed by atoms with van der Waals surface area (Å²) in [7, 11) is 1.32. The van der Waals surface area contributed by atoms with Crippen molar-refractivity contribution in [3.05, 3.63) is 62.6 Å². The molecule has 0 radical (unpaired) electrons. The molecule has 2 aromatic carbocycles. The first kappa shape index (κ1) is 17.3. The Hall–Kier alpha value is -2.05. The lowest BCUT2D eigenvalue weighted by Gasteiger charge is -2.09. The molecule has 0 bridgehead atoms. The number of nitrogens with two attached hydrogens (primary N) is 1. The fourth-order valence-electron chi connectivity index (χ4n) is 1.96. The standard InChI is InChI=1S/C16H14BrClN2O3/c1-23-16(22)11-4-2-9(6-13(11)17)8-20-15(21)12-5-3-10(18)7-14(12)19/h2-7H,8,19H2,1H3,(H,20,21). The third-order valence-electron chi connectivity index (χ3n) is 3.15. The Kier molecular flexibility index (Phi) is 5.63. The van der Waals surface area contributed by atoms with E-state index in [4.69, 9.17) is 17.3 Å². The summed E-state index contributed by atoms with van der Waals surface area (Å²) in [5.74, 6) is -0.728. The van der Waals surface area contributed by atoms with Gasteiger partial charge in [-0.3, -0.25) is 4.79 Å². The molecule has 0 saturated heterocycles. The molecule has 0 aliphatic carbocycles. The highest BCUT2D eigenvalue weighted by Gasteiger charge is 2.12. The van der Waals surface area contributed by atoms with E-state index in [0.717, 1.165) is 5.56 Å². The number of amides is 1. The molecule has 1 amide bonds. The number of methoxy groups -OCH3 is 1. The number of benzene rings is 2. The van der Waals surface area contributed by atoms with Crippen LogP contribution < -0.4 is 11.1 Å². The number of ether oxygens (including phenoxy) is 1. The van der Waals surface area contributed by atoms with Gasteiger partial charge in [-0.1, -0.05) is 17.7 Å². The van der Waals surface area contributed by atoms with E-state index in [-0.39, 0.29) is 5.91 Å². The van der Waals surface area contributed by atoms with E-state index >= 15 is 0 Å². The number of rotatable bonds is 4. The Labute approximate surface area is 146 Å². The quantitative estimate of drug-likeness (QED) is 0.612. The second kappa shape index (κ2) is 7.48. The summed E-state index contributed by atoms with van der Waals surface area (Å²) in [4.78, 5) is 23.7. The first-order valence-corrected chi connectivity index (χ1v) is 7.79. The van der Waals surface area contributed by atoms with Crippen LogP contribution in [-0.4, -0.2) is 19.0 Å². The summed E-state index contributed by atoms with van der Waals surface area (Å²) in [6, 6.07) is 9.82. The van der Waals surface area contributed by atoms with Gasteiger partial charge in [0.1, 0.15) is 0 Å². The van der Waals surface area contributed by atoms with Crippen molar-refractivity contribution in [2.24, 2.45) is 0 Å². The fourth-order valence-corrected chi connectivity index (χ4v) is 2.73. The van der Waals surface area contributed by atoms with Crippen molar-refractivity contribution in [1.29, 1.82) is 0 Å². The zero-order valence-electron chi connectivity index (χ0n) is 12.2. The van der Waals surface area contributed by atoms with Gasteiger partial charge in [0, 0.05) is 21.7 Å². The van der Waals surface area contributed by atoms with Crippen LogP contribution in [-0.2, 0) is 11.3 Å². The van der Waals surface area contributed by atoms with Gasteiger partial charge in [-0.2, -0.15) is 0 Å². The largest absolute Gasteiger partial charge is 0.465 e. The molecule has 23 heavy (non-hydrogen) atoms. The normalized spacial score (nSPS) is 10.2. The number of nitrogen functional groups attached to an aromatic ring is 1. The molecule has 0 saturated carbocycles. The molecule has 0 aliphatic heterocycles. The monoisotopic (exact) mass is 396 g/mol. The van der Waals surface area contributed by atoms with Crippen molar-refractivity contribution in [2.45, 2.75) is 6.54 Å². The number of esters is 1. The molecule has 0 atom stereocenters. The van der Waals surface area contributed by atoms with E-state index in [2.05, 4.69) is 26.0 Å². The van der Waals surface area contributed by atoms with Crippen LogP contribution in [0.3, 0.4) is 0 Å². The number of carbonyl (C=O) groups excluding carboxylic acids is 2. The van der Waals surface area contributed by atoms with Gasteiger partial charge < -0.3 is 15.8 Å². The molecule has 2 rings (SSSR count). The number of hydrogen-bond donors (Lipinski definition) is 2. The van der Waals surface area contributed by atoms with Crippen LogP contribution in [0.2, 0.25) is 5.02 Å². The van der Waals surface area contributed by atoms with Crippen molar-refractivity contribution in [2.75, 3.05) is 12.8 Å². The van der Waals surface area contributed by atoms with Crippen molar-refractivity contribution < 1.29 is 14.3 Å². The van der Waals surface area contributed by atoms with Crippen molar-refractivity contribution >= 4 is 45.1 Å². The van der Waals surface area contributed by atoms with E-state index in [0.29, 0.717) is 32.9 Å². The van der Waals surface area contributed by atoms with E-state index < -0.39 is 5.97 Å². The zero-order valence-corrected chi connectivity index (χ0v) is 14.6. The van der Waals surface area contributed by atoms with Gasteiger partial charge in [-0.05, 0) is 51.8 Å². The summed E-state index contributed by atoms with van der Waals surface area (Å²) < 4.78 is 5.27. The Morgan fingerprint density at radius 3 is 2.52 bits per heavy atom. The van der Waals surface area contributed by atoms with Gasteiger partial charge in [0.05, 0.1) is 18.2 Å². The maximum atomic E-state index is 12.1. The molecule has 7 heteroatoms. The molecule has 2 aromatic rings. The third kappa shape index (κ3) is 4.24. The van der Waals surface area contributed by atoms with Crippen LogP contribution in [0.4, 0.5) is 5.69 Å². The van der Waals surface area contributed by atoms with Crippen LogP contribution in [0.5, 0.6) is 0 Å². The lowest BCUT2D eigenvalue weighted by Crippen LogP contribution is -2.23. The second-order valence-electron chi connectivity index (χ2n) is 4.72.